The lowest BCUT2D eigenvalue weighted by Gasteiger charge is -2.26. The molecule has 0 unspecified atom stereocenters. The summed E-state index contributed by atoms with van der Waals surface area (Å²) in [5.41, 5.74) is 6.21. The summed E-state index contributed by atoms with van der Waals surface area (Å²) in [6.45, 7) is 2.47. The fourth-order valence-electron chi connectivity index (χ4n) is 4.58. The van der Waals surface area contributed by atoms with Crippen LogP contribution in [-0.2, 0) is 16.6 Å². The van der Waals surface area contributed by atoms with E-state index in [-0.39, 0.29) is 5.82 Å². The molecule has 5 rings (SSSR count). The van der Waals surface area contributed by atoms with Crippen LogP contribution < -0.4 is 9.46 Å². The Morgan fingerprint density at radius 1 is 1.11 bits per heavy atom. The minimum absolute atomic E-state index is 0.317. The Labute approximate surface area is 209 Å². The van der Waals surface area contributed by atoms with Crippen molar-refractivity contribution in [3.63, 3.8) is 0 Å². The fraction of sp³-hybridized carbons (Fsp3) is 0.222. The number of hydrogen-bond donors (Lipinski definition) is 2. The van der Waals surface area contributed by atoms with Crippen LogP contribution in [0.15, 0.2) is 66.9 Å². The van der Waals surface area contributed by atoms with E-state index in [0.29, 0.717) is 17.0 Å². The molecule has 0 spiro atoms. The molecule has 1 aliphatic heterocycles. The second-order valence-electron chi connectivity index (χ2n) is 8.93. The first-order valence-corrected chi connectivity index (χ1v) is 13.5. The maximum Gasteiger partial charge on any atom is 0.229 e. The van der Waals surface area contributed by atoms with E-state index in [1.165, 1.54) is 17.7 Å². The number of nitrogens with one attached hydrogen (secondary N) is 2. The molecule has 0 amide bonds. The molecule has 2 aromatic carbocycles. The van der Waals surface area contributed by atoms with Gasteiger partial charge in [-0.2, -0.15) is 0 Å². The molecule has 36 heavy (non-hydrogen) atoms. The molecule has 7 nitrogen and oxygen atoms in total. The van der Waals surface area contributed by atoms with Gasteiger partial charge < -0.3 is 9.72 Å². The van der Waals surface area contributed by atoms with E-state index in [2.05, 4.69) is 31.7 Å². The van der Waals surface area contributed by atoms with Crippen molar-refractivity contribution in [2.24, 2.45) is 0 Å². The number of nitrogens with zero attached hydrogens (tertiary/aromatic N) is 2. The predicted molar refractivity (Wildman–Crippen MR) is 141 cm³/mol. The normalized spacial score (nSPS) is 14.6. The van der Waals surface area contributed by atoms with Crippen molar-refractivity contribution in [3.8, 4) is 16.9 Å². The summed E-state index contributed by atoms with van der Waals surface area (Å²) in [4.78, 5) is 10.3. The second-order valence-corrected chi connectivity index (χ2v) is 10.7. The van der Waals surface area contributed by atoms with Crippen molar-refractivity contribution >= 4 is 32.3 Å². The number of halogens is 1. The van der Waals surface area contributed by atoms with Crippen LogP contribution in [0.25, 0.3) is 27.7 Å². The Balaban J connectivity index is 1.33. The van der Waals surface area contributed by atoms with E-state index in [0.717, 1.165) is 60.2 Å². The van der Waals surface area contributed by atoms with Crippen molar-refractivity contribution in [2.45, 2.75) is 13.0 Å². The molecule has 0 radical (unpaired) electrons. The lowest BCUT2D eigenvalue weighted by Crippen LogP contribution is -2.28. The van der Waals surface area contributed by atoms with Gasteiger partial charge in [0.05, 0.1) is 13.4 Å². The Morgan fingerprint density at radius 3 is 2.61 bits per heavy atom. The average Bonchev–Trinajstić information content (AvgIpc) is 3.29. The van der Waals surface area contributed by atoms with Crippen LogP contribution >= 0.6 is 0 Å². The van der Waals surface area contributed by atoms with Gasteiger partial charge in [-0.1, -0.05) is 18.2 Å². The van der Waals surface area contributed by atoms with Crippen LogP contribution in [0.5, 0.6) is 5.75 Å². The Kier molecular flexibility index (Phi) is 6.51. The van der Waals surface area contributed by atoms with E-state index in [9.17, 15) is 12.8 Å². The Hall–Kier alpha value is -3.69. The zero-order chi connectivity index (χ0) is 25.3. The maximum atomic E-state index is 14.0. The van der Waals surface area contributed by atoms with Crippen molar-refractivity contribution in [3.05, 3.63) is 83.9 Å². The molecule has 4 aromatic rings. The van der Waals surface area contributed by atoms with Crippen LogP contribution in [0.2, 0.25) is 0 Å². The van der Waals surface area contributed by atoms with Gasteiger partial charge in [-0.05, 0) is 65.6 Å². The summed E-state index contributed by atoms with van der Waals surface area (Å²) >= 11 is 0. The number of aromatic nitrogens is 2. The highest BCUT2D eigenvalue weighted by Crippen LogP contribution is 2.36. The van der Waals surface area contributed by atoms with E-state index in [1.54, 1.807) is 31.5 Å². The van der Waals surface area contributed by atoms with Crippen molar-refractivity contribution in [1.82, 2.24) is 14.9 Å². The first-order valence-electron chi connectivity index (χ1n) is 11.6. The number of methoxy groups -OCH3 is 1. The molecule has 0 bridgehead atoms. The largest absolute Gasteiger partial charge is 0.496 e. The number of hydrogen-bond acceptors (Lipinski definition) is 5. The highest BCUT2D eigenvalue weighted by atomic mass is 32.2. The minimum Gasteiger partial charge on any atom is -0.496 e. The molecule has 0 saturated carbocycles. The number of aromatic amines is 1. The smallest absolute Gasteiger partial charge is 0.229 e. The molecule has 0 aliphatic carbocycles. The van der Waals surface area contributed by atoms with Crippen molar-refractivity contribution in [2.75, 3.05) is 31.2 Å². The van der Waals surface area contributed by atoms with Crippen LogP contribution in [0.1, 0.15) is 17.7 Å². The molecule has 2 N–H and O–H groups in total. The van der Waals surface area contributed by atoms with E-state index in [4.69, 9.17) is 4.74 Å². The van der Waals surface area contributed by atoms with Crippen molar-refractivity contribution in [1.29, 1.82) is 0 Å². The minimum atomic E-state index is -3.28. The molecule has 0 saturated heterocycles. The predicted octanol–water partition coefficient (Wildman–Crippen LogP) is 5.04. The number of fused-ring (bicyclic) bond motifs is 1. The SMILES string of the molecule is COc1ccc(F)cc1-c1ccnc2[nH]c(C3=CCN(Cc4ccc(NS(C)(=O)=O)cc4)CC3)cc12. The third kappa shape index (κ3) is 5.27. The lowest BCUT2D eigenvalue weighted by atomic mass is 10.0. The summed E-state index contributed by atoms with van der Waals surface area (Å²) in [5.74, 6) is 0.294. The Bertz CT molecular complexity index is 1550. The summed E-state index contributed by atoms with van der Waals surface area (Å²) in [5, 5.41) is 0.919. The molecule has 2 aromatic heterocycles. The van der Waals surface area contributed by atoms with E-state index in [1.807, 2.05) is 18.2 Å². The zero-order valence-corrected chi connectivity index (χ0v) is 20.9. The van der Waals surface area contributed by atoms with Crippen LogP contribution in [0.3, 0.4) is 0 Å². The molecular weight excluding hydrogens is 479 g/mol. The third-order valence-electron chi connectivity index (χ3n) is 6.29. The quantitative estimate of drug-likeness (QED) is 0.367. The number of rotatable bonds is 7. The van der Waals surface area contributed by atoms with Crippen LogP contribution in [0.4, 0.5) is 10.1 Å². The fourth-order valence-corrected chi connectivity index (χ4v) is 5.14. The molecule has 3 heterocycles. The molecule has 186 valence electrons. The summed E-state index contributed by atoms with van der Waals surface area (Å²) in [6, 6.07) is 15.9. The number of pyridine rings is 1. The second kappa shape index (κ2) is 9.75. The van der Waals surface area contributed by atoms with E-state index < -0.39 is 10.0 Å². The van der Waals surface area contributed by atoms with Gasteiger partial charge in [0, 0.05) is 48.2 Å². The average molecular weight is 507 g/mol. The molecule has 1 aliphatic rings. The van der Waals surface area contributed by atoms with Gasteiger partial charge in [-0.15, -0.1) is 0 Å². The molecule has 0 fully saturated rings. The van der Waals surface area contributed by atoms with Gasteiger partial charge in [-0.3, -0.25) is 9.62 Å². The summed E-state index contributed by atoms with van der Waals surface area (Å²) in [7, 11) is -1.70. The highest BCUT2D eigenvalue weighted by molar-refractivity contribution is 7.92. The molecule has 9 heteroatoms. The van der Waals surface area contributed by atoms with Gasteiger partial charge >= 0.3 is 0 Å². The first kappa shape index (κ1) is 24.0. The van der Waals surface area contributed by atoms with Crippen LogP contribution in [-0.4, -0.2) is 49.7 Å². The van der Waals surface area contributed by atoms with Crippen LogP contribution in [0, 0.1) is 5.82 Å². The topological polar surface area (TPSA) is 87.3 Å². The van der Waals surface area contributed by atoms with Gasteiger partial charge in [0.1, 0.15) is 17.2 Å². The number of H-pyrrole nitrogens is 1. The van der Waals surface area contributed by atoms with E-state index >= 15 is 0 Å². The maximum absolute atomic E-state index is 14.0. The van der Waals surface area contributed by atoms with Gasteiger partial charge in [0.15, 0.2) is 0 Å². The Morgan fingerprint density at radius 2 is 1.92 bits per heavy atom. The van der Waals surface area contributed by atoms with Gasteiger partial charge in [0.25, 0.3) is 0 Å². The number of anilines is 1. The zero-order valence-electron chi connectivity index (χ0n) is 20.1. The summed E-state index contributed by atoms with van der Waals surface area (Å²) < 4.78 is 44.8. The number of benzene rings is 2. The lowest BCUT2D eigenvalue weighted by molar-refractivity contribution is 0.294. The monoisotopic (exact) mass is 506 g/mol. The molecular formula is C27H27FN4O3S. The standard InChI is InChI=1S/C27H27FN4O3S/c1-35-26-8-5-20(28)15-23(26)22-9-12-29-27-24(22)16-25(30-27)19-10-13-32(14-11-19)17-18-3-6-21(7-4-18)31-36(2,33)34/h3-10,12,15-16,31H,11,13-14,17H2,1-2H3,(H,29,30). The number of sulfonamides is 1. The summed E-state index contributed by atoms with van der Waals surface area (Å²) in [6.07, 6.45) is 5.95. The van der Waals surface area contributed by atoms with Gasteiger partial charge in [0.2, 0.25) is 10.0 Å². The highest BCUT2D eigenvalue weighted by Gasteiger charge is 2.18. The number of ether oxygens (including phenoxy) is 1. The molecule has 0 atom stereocenters. The third-order valence-corrected chi connectivity index (χ3v) is 6.89. The van der Waals surface area contributed by atoms with Gasteiger partial charge in [-0.25, -0.2) is 17.8 Å². The van der Waals surface area contributed by atoms with Crippen molar-refractivity contribution < 1.29 is 17.5 Å². The first-order chi connectivity index (χ1) is 17.3.